The van der Waals surface area contributed by atoms with Gasteiger partial charge in [-0.3, -0.25) is 0 Å². The fourth-order valence-electron chi connectivity index (χ4n) is 5.90. The van der Waals surface area contributed by atoms with Crippen molar-refractivity contribution >= 4 is 5.57 Å². The Morgan fingerprint density at radius 2 is 1.86 bits per heavy atom. The zero-order valence-corrected chi connectivity index (χ0v) is 14.3. The van der Waals surface area contributed by atoms with Crippen molar-refractivity contribution in [2.24, 2.45) is 23.8 Å². The van der Waals surface area contributed by atoms with Crippen LogP contribution in [-0.2, 0) is 19.9 Å². The quantitative estimate of drug-likeness (QED) is 0.673. The van der Waals surface area contributed by atoms with Crippen molar-refractivity contribution in [1.29, 1.82) is 0 Å². The first-order chi connectivity index (χ1) is 9.88. The molecule has 3 aliphatic rings. The van der Waals surface area contributed by atoms with Crippen LogP contribution in [-0.4, -0.2) is 4.57 Å². The third kappa shape index (κ3) is 1.48. The Balaban J connectivity index is 1.90. The van der Waals surface area contributed by atoms with Crippen molar-refractivity contribution in [1.82, 2.24) is 4.57 Å². The van der Waals surface area contributed by atoms with Crippen LogP contribution >= 0.6 is 0 Å². The molecule has 1 nitrogen and oxygen atoms in total. The molecular formula is C20H29N. The lowest BCUT2D eigenvalue weighted by Crippen LogP contribution is -2.30. The van der Waals surface area contributed by atoms with Gasteiger partial charge in [-0.05, 0) is 74.0 Å². The van der Waals surface area contributed by atoms with E-state index in [9.17, 15) is 0 Å². The molecule has 0 aliphatic heterocycles. The molecule has 4 rings (SSSR count). The van der Waals surface area contributed by atoms with Gasteiger partial charge in [0.1, 0.15) is 0 Å². The average Bonchev–Trinajstić information content (AvgIpc) is 2.92. The van der Waals surface area contributed by atoms with Crippen LogP contribution in [0.3, 0.4) is 0 Å². The Morgan fingerprint density at radius 1 is 1.14 bits per heavy atom. The second kappa shape index (κ2) is 4.06. The Bertz CT molecular complexity index is 643. The molecule has 114 valence electrons. The third-order valence-corrected chi connectivity index (χ3v) is 7.51. The molecule has 0 N–H and O–H groups in total. The van der Waals surface area contributed by atoms with Crippen LogP contribution in [0.1, 0.15) is 70.3 Å². The summed E-state index contributed by atoms with van der Waals surface area (Å²) in [6, 6.07) is 2.54. The normalized spacial score (nSPS) is 33.7. The van der Waals surface area contributed by atoms with Gasteiger partial charge in [0, 0.05) is 23.9 Å². The second-order valence-electron chi connectivity index (χ2n) is 8.47. The Morgan fingerprint density at radius 3 is 2.48 bits per heavy atom. The second-order valence-corrected chi connectivity index (χ2v) is 8.47. The molecule has 0 spiro atoms. The Labute approximate surface area is 129 Å². The Kier molecular flexibility index (Phi) is 2.64. The van der Waals surface area contributed by atoms with Crippen molar-refractivity contribution in [2.75, 3.05) is 0 Å². The maximum atomic E-state index is 2.54. The number of aromatic nitrogens is 1. The van der Waals surface area contributed by atoms with E-state index in [1.807, 2.05) is 0 Å². The van der Waals surface area contributed by atoms with Crippen LogP contribution in [0.4, 0.5) is 0 Å². The van der Waals surface area contributed by atoms with Gasteiger partial charge < -0.3 is 4.57 Å². The summed E-state index contributed by atoms with van der Waals surface area (Å²) in [4.78, 5) is 0. The van der Waals surface area contributed by atoms with Crippen molar-refractivity contribution in [2.45, 2.75) is 66.2 Å². The Hall–Kier alpha value is -0.980. The number of allylic oxidation sites excluding steroid dienone is 2. The summed E-state index contributed by atoms with van der Waals surface area (Å²) >= 11 is 0. The van der Waals surface area contributed by atoms with Crippen molar-refractivity contribution < 1.29 is 0 Å². The van der Waals surface area contributed by atoms with E-state index < -0.39 is 0 Å². The maximum absolute atomic E-state index is 2.54. The van der Waals surface area contributed by atoms with Gasteiger partial charge in [0.25, 0.3) is 0 Å². The van der Waals surface area contributed by atoms with Gasteiger partial charge in [0.15, 0.2) is 0 Å². The van der Waals surface area contributed by atoms with Gasteiger partial charge >= 0.3 is 0 Å². The summed E-state index contributed by atoms with van der Waals surface area (Å²) in [5, 5.41) is 0. The first kappa shape index (κ1) is 13.7. The standard InChI is InChI=1S/C20H29N/c1-13-15-10-11-20(4,19(15,2)3)18(13)17-12-14-8-6-7-9-16(14)21(17)5/h12,15H,6-11H2,1-5H3/t15-,20+/m1/s1. The molecule has 1 heteroatoms. The van der Waals surface area contributed by atoms with Crippen molar-refractivity contribution in [3.8, 4) is 0 Å². The molecule has 1 aromatic heterocycles. The number of hydrogen-bond donors (Lipinski definition) is 0. The van der Waals surface area contributed by atoms with E-state index >= 15 is 0 Å². The lowest BCUT2D eigenvalue weighted by atomic mass is 9.67. The fourth-order valence-corrected chi connectivity index (χ4v) is 5.90. The number of nitrogens with zero attached hydrogens (tertiary/aromatic N) is 1. The highest BCUT2D eigenvalue weighted by atomic mass is 15.0. The first-order valence-corrected chi connectivity index (χ1v) is 8.77. The van der Waals surface area contributed by atoms with Crippen LogP contribution < -0.4 is 0 Å². The zero-order valence-electron chi connectivity index (χ0n) is 14.3. The predicted molar refractivity (Wildman–Crippen MR) is 89.3 cm³/mol. The van der Waals surface area contributed by atoms with E-state index in [0.29, 0.717) is 10.8 Å². The van der Waals surface area contributed by atoms with Crippen LogP contribution in [0.15, 0.2) is 11.6 Å². The summed E-state index contributed by atoms with van der Waals surface area (Å²) in [5.74, 6) is 0.796. The van der Waals surface area contributed by atoms with E-state index in [1.54, 1.807) is 22.4 Å². The molecule has 3 aliphatic carbocycles. The predicted octanol–water partition coefficient (Wildman–Crippen LogP) is 5.13. The zero-order chi connectivity index (χ0) is 15.0. The van der Waals surface area contributed by atoms with Gasteiger partial charge in [-0.1, -0.05) is 26.3 Å². The SMILES string of the molecule is CC1=C(c2cc3c(n2C)CCCC3)[C@]2(C)CC[C@H]1C2(C)C. The summed E-state index contributed by atoms with van der Waals surface area (Å²) in [7, 11) is 2.31. The number of rotatable bonds is 1. The fraction of sp³-hybridized carbons (Fsp3) is 0.700. The molecule has 1 fully saturated rings. The molecule has 0 radical (unpaired) electrons. The van der Waals surface area contributed by atoms with Gasteiger partial charge in [0.05, 0.1) is 0 Å². The van der Waals surface area contributed by atoms with Gasteiger partial charge in [-0.15, -0.1) is 0 Å². The monoisotopic (exact) mass is 283 g/mol. The van der Waals surface area contributed by atoms with Gasteiger partial charge in [0.2, 0.25) is 0 Å². The van der Waals surface area contributed by atoms with Crippen molar-refractivity contribution in [3.05, 3.63) is 28.6 Å². The number of fused-ring (bicyclic) bond motifs is 3. The first-order valence-electron chi connectivity index (χ1n) is 8.77. The lowest BCUT2D eigenvalue weighted by Gasteiger charge is -2.37. The number of aryl methyl sites for hydroxylation is 1. The summed E-state index contributed by atoms with van der Waals surface area (Å²) < 4.78 is 2.54. The smallest absolute Gasteiger partial charge is 0.0447 e. The molecule has 2 bridgehead atoms. The van der Waals surface area contributed by atoms with Gasteiger partial charge in [-0.25, -0.2) is 0 Å². The third-order valence-electron chi connectivity index (χ3n) is 7.51. The van der Waals surface area contributed by atoms with Crippen LogP contribution in [0.5, 0.6) is 0 Å². The minimum atomic E-state index is 0.371. The molecule has 0 unspecified atom stereocenters. The molecule has 21 heavy (non-hydrogen) atoms. The van der Waals surface area contributed by atoms with E-state index in [0.717, 1.165) is 5.92 Å². The number of hydrogen-bond acceptors (Lipinski definition) is 0. The van der Waals surface area contributed by atoms with E-state index in [2.05, 4.69) is 45.4 Å². The highest BCUT2D eigenvalue weighted by molar-refractivity contribution is 5.77. The van der Waals surface area contributed by atoms with Gasteiger partial charge in [-0.2, -0.15) is 0 Å². The molecule has 0 amide bonds. The van der Waals surface area contributed by atoms with Crippen molar-refractivity contribution in [3.63, 3.8) is 0 Å². The summed E-state index contributed by atoms with van der Waals surface area (Å²) in [5.41, 5.74) is 8.96. The lowest BCUT2D eigenvalue weighted by molar-refractivity contribution is 0.186. The van der Waals surface area contributed by atoms with E-state index in [1.165, 1.54) is 44.2 Å². The molecule has 1 aromatic rings. The summed E-state index contributed by atoms with van der Waals surface area (Å²) in [6.07, 6.45) is 8.07. The molecular weight excluding hydrogens is 254 g/mol. The van der Waals surface area contributed by atoms with E-state index in [4.69, 9.17) is 0 Å². The topological polar surface area (TPSA) is 4.93 Å². The highest BCUT2D eigenvalue weighted by Crippen LogP contribution is 2.70. The largest absolute Gasteiger partial charge is 0.348 e. The molecule has 0 saturated heterocycles. The van der Waals surface area contributed by atoms with Crippen LogP contribution in [0.25, 0.3) is 5.57 Å². The van der Waals surface area contributed by atoms with E-state index in [-0.39, 0.29) is 0 Å². The molecule has 1 saturated carbocycles. The average molecular weight is 283 g/mol. The minimum Gasteiger partial charge on any atom is -0.348 e. The molecule has 2 atom stereocenters. The minimum absolute atomic E-state index is 0.371. The van der Waals surface area contributed by atoms with Crippen LogP contribution in [0, 0.1) is 16.7 Å². The maximum Gasteiger partial charge on any atom is 0.0447 e. The molecule has 1 heterocycles. The molecule has 0 aromatic carbocycles. The van der Waals surface area contributed by atoms with Crippen LogP contribution in [0.2, 0.25) is 0 Å². The highest BCUT2D eigenvalue weighted by Gasteiger charge is 2.60. The summed E-state index contributed by atoms with van der Waals surface area (Å²) in [6.45, 7) is 9.96.